The number of hydrogen-bond acceptors (Lipinski definition) is 8. The number of anilines is 2. The van der Waals surface area contributed by atoms with E-state index in [1.165, 1.54) is 12.1 Å². The van der Waals surface area contributed by atoms with E-state index in [4.69, 9.17) is 10.2 Å². The normalized spacial score (nSPS) is 13.2. The van der Waals surface area contributed by atoms with E-state index in [1.54, 1.807) is 19.1 Å². The molecule has 1 aromatic heterocycles. The van der Waals surface area contributed by atoms with Crippen molar-refractivity contribution in [1.82, 2.24) is 15.3 Å². The lowest BCUT2D eigenvalue weighted by Crippen LogP contribution is -2.41. The van der Waals surface area contributed by atoms with Gasteiger partial charge in [-0.1, -0.05) is 0 Å². The number of carboxylic acids is 2. The molecule has 2 heterocycles. The molecule has 32 heavy (non-hydrogen) atoms. The summed E-state index contributed by atoms with van der Waals surface area (Å²) in [7, 11) is 0. The summed E-state index contributed by atoms with van der Waals surface area (Å²) in [5, 5.41) is 26.4. The quantitative estimate of drug-likeness (QED) is 0.326. The smallest absolute Gasteiger partial charge is 0.326 e. The van der Waals surface area contributed by atoms with Crippen LogP contribution in [0.4, 0.5) is 17.2 Å². The maximum atomic E-state index is 12.3. The van der Waals surface area contributed by atoms with Crippen molar-refractivity contribution in [3.05, 3.63) is 46.0 Å². The molecule has 6 N–H and O–H groups in total. The highest BCUT2D eigenvalue weighted by molar-refractivity contribution is 5.98. The van der Waals surface area contributed by atoms with Crippen LogP contribution >= 0.6 is 0 Å². The summed E-state index contributed by atoms with van der Waals surface area (Å²) in [5.74, 6) is -2.03. The van der Waals surface area contributed by atoms with E-state index in [9.17, 15) is 19.2 Å². The molecule has 1 aliphatic heterocycles. The van der Waals surface area contributed by atoms with Gasteiger partial charge in [0.1, 0.15) is 17.7 Å². The van der Waals surface area contributed by atoms with Crippen LogP contribution in [0.3, 0.4) is 0 Å². The maximum absolute atomic E-state index is 12.3. The summed E-state index contributed by atoms with van der Waals surface area (Å²) in [4.78, 5) is 57.3. The van der Waals surface area contributed by atoms with Gasteiger partial charge in [-0.2, -0.15) is 4.98 Å². The van der Waals surface area contributed by atoms with Crippen molar-refractivity contribution in [1.29, 1.82) is 0 Å². The minimum atomic E-state index is -1.30. The van der Waals surface area contributed by atoms with Crippen LogP contribution < -0.4 is 21.5 Å². The van der Waals surface area contributed by atoms with E-state index in [0.29, 0.717) is 36.1 Å². The summed E-state index contributed by atoms with van der Waals surface area (Å²) < 4.78 is 0. The van der Waals surface area contributed by atoms with Crippen molar-refractivity contribution in [3.63, 3.8) is 0 Å². The van der Waals surface area contributed by atoms with Crippen LogP contribution in [0.5, 0.6) is 0 Å². The standard InChI is InChI=1S/C20H22N6O6/c1-10-23-17-16(19(30)24-10)25-13(9-22-17)8-21-12-4-2-11(3-5-12)18(29)26-14(20(31)32)6-7-15(27)28/h2-5,14,21H,6-9H2,1H3,(H,26,29)(H,27,28)(H,31,32)(H2,22,23,24,30)/t14-/m0/s1. The average Bonchev–Trinajstić information content (AvgIpc) is 2.75. The summed E-state index contributed by atoms with van der Waals surface area (Å²) in [6.07, 6.45) is -0.585. The Bertz CT molecular complexity index is 1120. The van der Waals surface area contributed by atoms with Crippen molar-refractivity contribution in [2.45, 2.75) is 25.8 Å². The van der Waals surface area contributed by atoms with E-state index in [2.05, 4.69) is 30.9 Å². The summed E-state index contributed by atoms with van der Waals surface area (Å²) in [6, 6.07) is 5.02. The Morgan fingerprint density at radius 2 is 1.91 bits per heavy atom. The number of nitrogens with one attached hydrogen (secondary N) is 4. The molecule has 0 unspecified atom stereocenters. The van der Waals surface area contributed by atoms with Crippen molar-refractivity contribution in [2.24, 2.45) is 4.99 Å². The lowest BCUT2D eigenvalue weighted by atomic mass is 10.1. The van der Waals surface area contributed by atoms with Gasteiger partial charge < -0.3 is 31.1 Å². The number of H-pyrrole nitrogens is 1. The number of aryl methyl sites for hydroxylation is 1. The molecule has 168 valence electrons. The number of nitrogens with zero attached hydrogens (tertiary/aromatic N) is 2. The largest absolute Gasteiger partial charge is 0.481 e. The molecule has 3 rings (SSSR count). The highest BCUT2D eigenvalue weighted by Crippen LogP contribution is 2.21. The zero-order valence-corrected chi connectivity index (χ0v) is 17.1. The van der Waals surface area contributed by atoms with E-state index in [0.717, 1.165) is 0 Å². The molecule has 1 amide bonds. The van der Waals surface area contributed by atoms with E-state index in [-0.39, 0.29) is 24.1 Å². The number of benzene rings is 1. The molecule has 12 heteroatoms. The van der Waals surface area contributed by atoms with E-state index < -0.39 is 29.4 Å². The fourth-order valence-electron chi connectivity index (χ4n) is 3.01. The molecular formula is C20H22N6O6. The van der Waals surface area contributed by atoms with Gasteiger partial charge >= 0.3 is 17.5 Å². The van der Waals surface area contributed by atoms with Crippen LogP contribution in [0.2, 0.25) is 0 Å². The molecule has 0 saturated carbocycles. The third kappa shape index (κ3) is 5.68. The number of aromatic amines is 1. The molecule has 0 fully saturated rings. The van der Waals surface area contributed by atoms with Crippen molar-refractivity contribution >= 4 is 40.8 Å². The number of amides is 1. The van der Waals surface area contributed by atoms with E-state index >= 15 is 0 Å². The SMILES string of the molecule is Cc1nc(=O)c2c([nH]1)NCC(CNc1ccc(C(=O)N[C@@H](CCC(=O)O)C(=O)O)cc1)=N2. The first-order chi connectivity index (χ1) is 15.2. The third-order valence-corrected chi connectivity index (χ3v) is 4.65. The molecule has 0 spiro atoms. The van der Waals surface area contributed by atoms with Crippen molar-refractivity contribution < 1.29 is 24.6 Å². The highest BCUT2D eigenvalue weighted by Gasteiger charge is 2.21. The predicted octanol–water partition coefficient (Wildman–Crippen LogP) is 0.736. The van der Waals surface area contributed by atoms with Gasteiger partial charge in [0, 0.05) is 17.7 Å². The van der Waals surface area contributed by atoms with Crippen LogP contribution in [-0.4, -0.2) is 62.9 Å². The Labute approximate surface area is 181 Å². The Balaban J connectivity index is 1.59. The second kappa shape index (κ2) is 9.73. The van der Waals surface area contributed by atoms with Crippen LogP contribution in [0.15, 0.2) is 34.1 Å². The second-order valence-corrected chi connectivity index (χ2v) is 7.11. The number of carbonyl (C=O) groups excluding carboxylic acids is 1. The van der Waals surface area contributed by atoms with Gasteiger partial charge in [0.05, 0.1) is 18.8 Å². The predicted molar refractivity (Wildman–Crippen MR) is 116 cm³/mol. The molecule has 0 aliphatic carbocycles. The Hall–Kier alpha value is -4.22. The molecule has 0 saturated heterocycles. The zero-order valence-electron chi connectivity index (χ0n) is 17.1. The molecule has 0 radical (unpaired) electrons. The van der Waals surface area contributed by atoms with Gasteiger partial charge in [-0.05, 0) is 37.6 Å². The number of hydrogen-bond donors (Lipinski definition) is 6. The van der Waals surface area contributed by atoms with Gasteiger partial charge in [-0.3, -0.25) is 14.4 Å². The lowest BCUT2D eigenvalue weighted by molar-refractivity contribution is -0.140. The first-order valence-electron chi connectivity index (χ1n) is 9.73. The molecule has 1 atom stereocenters. The Kier molecular flexibility index (Phi) is 6.83. The summed E-state index contributed by atoms with van der Waals surface area (Å²) in [5.41, 5.74) is 1.42. The van der Waals surface area contributed by atoms with Crippen molar-refractivity contribution in [2.75, 3.05) is 23.7 Å². The molecule has 0 bridgehead atoms. The zero-order chi connectivity index (χ0) is 23.3. The molecular weight excluding hydrogens is 420 g/mol. The maximum Gasteiger partial charge on any atom is 0.326 e. The number of carbonyl (C=O) groups is 3. The summed E-state index contributed by atoms with van der Waals surface area (Å²) >= 11 is 0. The molecule has 12 nitrogen and oxygen atoms in total. The van der Waals surface area contributed by atoms with Crippen LogP contribution in [0, 0.1) is 6.92 Å². The molecule has 1 aliphatic rings. The average molecular weight is 442 g/mol. The van der Waals surface area contributed by atoms with Crippen LogP contribution in [0.25, 0.3) is 0 Å². The van der Waals surface area contributed by atoms with Crippen molar-refractivity contribution in [3.8, 4) is 0 Å². The van der Waals surface area contributed by atoms with Gasteiger partial charge in [-0.15, -0.1) is 0 Å². The number of rotatable bonds is 9. The van der Waals surface area contributed by atoms with Gasteiger partial charge in [0.25, 0.3) is 5.91 Å². The van der Waals surface area contributed by atoms with Gasteiger partial charge in [0.15, 0.2) is 5.69 Å². The Morgan fingerprint density at radius 3 is 2.56 bits per heavy atom. The lowest BCUT2D eigenvalue weighted by Gasteiger charge is -2.18. The monoisotopic (exact) mass is 442 g/mol. The Morgan fingerprint density at radius 1 is 1.19 bits per heavy atom. The topological polar surface area (TPSA) is 186 Å². The number of carboxylic acid groups (broad SMARTS) is 2. The number of aromatic nitrogens is 2. The minimum Gasteiger partial charge on any atom is -0.481 e. The molecule has 2 aromatic rings. The second-order valence-electron chi connectivity index (χ2n) is 7.11. The molecule has 1 aromatic carbocycles. The highest BCUT2D eigenvalue weighted by atomic mass is 16.4. The van der Waals surface area contributed by atoms with Crippen LogP contribution in [0.1, 0.15) is 29.0 Å². The summed E-state index contributed by atoms with van der Waals surface area (Å²) in [6.45, 7) is 2.47. The van der Waals surface area contributed by atoms with Gasteiger partial charge in [-0.25, -0.2) is 9.79 Å². The minimum absolute atomic E-state index is 0.215. The van der Waals surface area contributed by atoms with E-state index in [1.807, 2.05) is 0 Å². The fourth-order valence-corrected chi connectivity index (χ4v) is 3.01. The number of aliphatic carboxylic acids is 2. The van der Waals surface area contributed by atoms with Gasteiger partial charge in [0.2, 0.25) is 0 Å². The number of fused-ring (bicyclic) bond motifs is 1. The first kappa shape index (κ1) is 22.5. The van der Waals surface area contributed by atoms with Crippen LogP contribution in [-0.2, 0) is 9.59 Å². The number of aliphatic imine (C=N–C) groups is 1. The third-order valence-electron chi connectivity index (χ3n) is 4.65. The fraction of sp³-hybridized carbons (Fsp3) is 0.300. The first-order valence-corrected chi connectivity index (χ1v) is 9.73.